The van der Waals surface area contributed by atoms with Crippen LogP contribution in [0.3, 0.4) is 0 Å². The quantitative estimate of drug-likeness (QED) is 0.370. The molecule has 0 saturated carbocycles. The van der Waals surface area contributed by atoms with Gasteiger partial charge in [0.25, 0.3) is 0 Å². The first kappa shape index (κ1) is 12.5. The van der Waals surface area contributed by atoms with Crippen molar-refractivity contribution >= 4 is 13.8 Å². The Balaban J connectivity index is 3.41. The number of unbranched alkanes of at least 4 members (excludes halogenated alkanes) is 2. The Kier molecular flexibility index (Phi) is 5.84. The van der Waals surface area contributed by atoms with Gasteiger partial charge in [-0.15, -0.1) is 0 Å². The van der Waals surface area contributed by atoms with E-state index in [1.54, 1.807) is 0 Å². The molecule has 0 aliphatic heterocycles. The van der Waals surface area contributed by atoms with E-state index in [1.165, 1.54) is 12.7 Å². The highest BCUT2D eigenvalue weighted by Gasteiger charge is 2.15. The zero-order valence-electron chi connectivity index (χ0n) is 9.35. The molecule has 3 heteroatoms. The number of carbonyl (C=O) groups is 1. The molecule has 0 saturated heterocycles. The highest BCUT2D eigenvalue weighted by Crippen LogP contribution is 2.10. The summed E-state index contributed by atoms with van der Waals surface area (Å²) in [7, 11) is 2.16. The van der Waals surface area contributed by atoms with Gasteiger partial charge in [-0.2, -0.15) is 0 Å². The van der Waals surface area contributed by atoms with E-state index in [-0.39, 0.29) is 11.6 Å². The fourth-order valence-corrected chi connectivity index (χ4v) is 1.09. The molecule has 2 nitrogen and oxygen atoms in total. The minimum atomic E-state index is -0.332. The maximum absolute atomic E-state index is 11.2. The van der Waals surface area contributed by atoms with Gasteiger partial charge in [-0.1, -0.05) is 19.2 Å². The van der Waals surface area contributed by atoms with Crippen molar-refractivity contribution in [2.24, 2.45) is 0 Å². The van der Waals surface area contributed by atoms with Crippen molar-refractivity contribution in [1.82, 2.24) is 0 Å². The first-order chi connectivity index (χ1) is 5.95. The second kappa shape index (κ2) is 6.06. The highest BCUT2D eigenvalue weighted by atomic mass is 16.6. The average Bonchev–Trinajstić information content (AvgIpc) is 1.94. The monoisotopic (exact) mass is 184 g/mol. The molecule has 0 heterocycles. The predicted octanol–water partition coefficient (Wildman–Crippen LogP) is 1.94. The van der Waals surface area contributed by atoms with Crippen LogP contribution in [-0.4, -0.2) is 19.4 Å². The van der Waals surface area contributed by atoms with Crippen molar-refractivity contribution in [2.45, 2.75) is 58.4 Å². The van der Waals surface area contributed by atoms with E-state index < -0.39 is 0 Å². The largest absolute Gasteiger partial charge is 0.460 e. The second-order valence-corrected chi connectivity index (χ2v) is 4.40. The normalized spacial score (nSPS) is 11.3. The topological polar surface area (TPSA) is 26.3 Å². The number of hydrogen-bond donors (Lipinski definition) is 0. The van der Waals surface area contributed by atoms with Crippen molar-refractivity contribution in [3.8, 4) is 0 Å². The van der Waals surface area contributed by atoms with Crippen LogP contribution >= 0.6 is 0 Å². The second-order valence-electron chi connectivity index (χ2n) is 4.40. The third kappa shape index (κ3) is 9.45. The minimum absolute atomic E-state index is 0.0661. The third-order valence-corrected chi connectivity index (χ3v) is 1.65. The summed E-state index contributed by atoms with van der Waals surface area (Å²) in [5, 5.41) is 0. The maximum atomic E-state index is 11.2. The van der Waals surface area contributed by atoms with Crippen LogP contribution in [-0.2, 0) is 9.53 Å². The Bertz CT molecular complexity index is 149. The van der Waals surface area contributed by atoms with Gasteiger partial charge in [0, 0.05) is 6.42 Å². The van der Waals surface area contributed by atoms with E-state index in [9.17, 15) is 4.79 Å². The zero-order chi connectivity index (χ0) is 10.3. The lowest BCUT2D eigenvalue weighted by Crippen LogP contribution is -2.23. The van der Waals surface area contributed by atoms with Crippen LogP contribution < -0.4 is 0 Å². The summed E-state index contributed by atoms with van der Waals surface area (Å²) in [5.41, 5.74) is -0.332. The van der Waals surface area contributed by atoms with Crippen LogP contribution in [0.4, 0.5) is 0 Å². The Hall–Kier alpha value is -0.465. The summed E-state index contributed by atoms with van der Waals surface area (Å²) in [6.45, 7) is 5.70. The summed E-state index contributed by atoms with van der Waals surface area (Å²) in [6, 6.07) is 0. The number of ether oxygens (including phenoxy) is 1. The lowest BCUT2D eigenvalue weighted by molar-refractivity contribution is -0.154. The zero-order valence-corrected chi connectivity index (χ0v) is 9.35. The van der Waals surface area contributed by atoms with Crippen molar-refractivity contribution in [3.63, 3.8) is 0 Å². The molecule has 0 aromatic rings. The Morgan fingerprint density at radius 3 is 2.31 bits per heavy atom. The van der Waals surface area contributed by atoms with Crippen LogP contribution in [0.25, 0.3) is 0 Å². The van der Waals surface area contributed by atoms with Gasteiger partial charge >= 0.3 is 5.97 Å². The lowest BCUT2D eigenvalue weighted by Gasteiger charge is -2.19. The minimum Gasteiger partial charge on any atom is -0.460 e. The fourth-order valence-electron chi connectivity index (χ4n) is 1.09. The van der Waals surface area contributed by atoms with Gasteiger partial charge in [0.15, 0.2) is 0 Å². The van der Waals surface area contributed by atoms with E-state index >= 15 is 0 Å². The van der Waals surface area contributed by atoms with Crippen LogP contribution in [0.2, 0.25) is 6.32 Å². The average molecular weight is 184 g/mol. The van der Waals surface area contributed by atoms with Crippen molar-refractivity contribution in [2.75, 3.05) is 0 Å². The molecular weight excluding hydrogens is 163 g/mol. The molecule has 0 amide bonds. The van der Waals surface area contributed by atoms with Crippen molar-refractivity contribution in [1.29, 1.82) is 0 Å². The molecule has 0 unspecified atom stereocenters. The van der Waals surface area contributed by atoms with E-state index in [4.69, 9.17) is 4.74 Å². The van der Waals surface area contributed by atoms with Gasteiger partial charge in [-0.25, -0.2) is 0 Å². The number of hydrogen-bond acceptors (Lipinski definition) is 2. The first-order valence-corrected chi connectivity index (χ1v) is 5.17. The van der Waals surface area contributed by atoms with E-state index in [2.05, 4.69) is 7.85 Å². The molecule has 0 rings (SSSR count). The van der Waals surface area contributed by atoms with Gasteiger partial charge in [-0.3, -0.25) is 4.79 Å². The Morgan fingerprint density at radius 1 is 1.23 bits per heavy atom. The van der Waals surface area contributed by atoms with Gasteiger partial charge < -0.3 is 4.74 Å². The summed E-state index contributed by atoms with van der Waals surface area (Å²) in [6.07, 6.45) is 5.08. The number of carbonyl (C=O) groups excluding carboxylic acids is 1. The molecule has 76 valence electrons. The van der Waals surface area contributed by atoms with Crippen LogP contribution in [0.1, 0.15) is 46.5 Å². The third-order valence-electron chi connectivity index (χ3n) is 1.65. The standard InChI is InChI=1S/C10H21BO2/c1-10(2,3)13-9(12)7-5-4-6-8-11/h4-8,11H2,1-3H3. The van der Waals surface area contributed by atoms with Crippen LogP contribution in [0, 0.1) is 0 Å². The number of rotatable bonds is 5. The maximum Gasteiger partial charge on any atom is 0.306 e. The van der Waals surface area contributed by atoms with E-state index in [1.807, 2.05) is 20.8 Å². The molecule has 0 aromatic carbocycles. The Labute approximate surface area is 82.5 Å². The van der Waals surface area contributed by atoms with E-state index in [0.29, 0.717) is 6.42 Å². The predicted molar refractivity (Wildman–Crippen MR) is 57.7 cm³/mol. The highest BCUT2D eigenvalue weighted by molar-refractivity contribution is 6.08. The van der Waals surface area contributed by atoms with Gasteiger partial charge in [0.05, 0.1) is 0 Å². The summed E-state index contributed by atoms with van der Waals surface area (Å²) < 4.78 is 5.18. The Morgan fingerprint density at radius 2 is 1.85 bits per heavy atom. The molecule has 0 N–H and O–H groups in total. The fraction of sp³-hybridized carbons (Fsp3) is 0.900. The molecule has 0 fully saturated rings. The summed E-state index contributed by atoms with van der Waals surface area (Å²) in [4.78, 5) is 11.2. The number of esters is 1. The molecule has 0 aliphatic rings. The van der Waals surface area contributed by atoms with Crippen molar-refractivity contribution in [3.05, 3.63) is 0 Å². The van der Waals surface area contributed by atoms with Crippen molar-refractivity contribution < 1.29 is 9.53 Å². The molecule has 0 aliphatic carbocycles. The lowest BCUT2D eigenvalue weighted by atomic mass is 9.99. The molecular formula is C10H21BO2. The molecule has 0 radical (unpaired) electrons. The van der Waals surface area contributed by atoms with Gasteiger partial charge in [0.2, 0.25) is 0 Å². The first-order valence-electron chi connectivity index (χ1n) is 5.17. The molecule has 0 spiro atoms. The summed E-state index contributed by atoms with van der Waals surface area (Å²) in [5.74, 6) is -0.0661. The molecule has 0 aromatic heterocycles. The van der Waals surface area contributed by atoms with Gasteiger partial charge in [0.1, 0.15) is 13.4 Å². The van der Waals surface area contributed by atoms with Crippen LogP contribution in [0.15, 0.2) is 0 Å². The summed E-state index contributed by atoms with van der Waals surface area (Å²) >= 11 is 0. The molecule has 0 bridgehead atoms. The molecule has 0 atom stereocenters. The molecule has 13 heavy (non-hydrogen) atoms. The van der Waals surface area contributed by atoms with Crippen LogP contribution in [0.5, 0.6) is 0 Å². The van der Waals surface area contributed by atoms with Gasteiger partial charge in [-0.05, 0) is 27.2 Å². The van der Waals surface area contributed by atoms with E-state index in [0.717, 1.165) is 12.8 Å². The SMILES string of the molecule is BCCCCCC(=O)OC(C)(C)C. The smallest absolute Gasteiger partial charge is 0.306 e.